The van der Waals surface area contributed by atoms with Crippen LogP contribution in [-0.2, 0) is 10.5 Å². The molecule has 0 fully saturated rings. The summed E-state index contributed by atoms with van der Waals surface area (Å²) < 4.78 is 0. The van der Waals surface area contributed by atoms with Crippen molar-refractivity contribution in [3.05, 3.63) is 56.2 Å². The van der Waals surface area contributed by atoms with Gasteiger partial charge < -0.3 is 10.6 Å². The Bertz CT molecular complexity index is 767. The van der Waals surface area contributed by atoms with Gasteiger partial charge in [0.1, 0.15) is 6.04 Å². The third-order valence-electron chi connectivity index (χ3n) is 3.78. The number of amides is 2. The van der Waals surface area contributed by atoms with Crippen molar-refractivity contribution in [1.82, 2.24) is 10.6 Å². The molecule has 8 heteroatoms. The van der Waals surface area contributed by atoms with Crippen molar-refractivity contribution in [1.29, 1.82) is 0 Å². The van der Waals surface area contributed by atoms with Crippen molar-refractivity contribution in [2.45, 2.75) is 25.6 Å². The average molecular weight is 445 g/mol. The van der Waals surface area contributed by atoms with Crippen LogP contribution in [0.3, 0.4) is 0 Å². The van der Waals surface area contributed by atoms with Gasteiger partial charge in [0.05, 0.1) is 10.6 Å². The lowest BCUT2D eigenvalue weighted by Gasteiger charge is -2.22. The lowest BCUT2D eigenvalue weighted by Crippen LogP contribution is -2.50. The minimum atomic E-state index is -0.633. The van der Waals surface area contributed by atoms with Gasteiger partial charge >= 0.3 is 0 Å². The van der Waals surface area contributed by atoms with Crippen LogP contribution >= 0.6 is 46.3 Å². The molecule has 2 rings (SSSR count). The zero-order valence-electron chi connectivity index (χ0n) is 15.1. The topological polar surface area (TPSA) is 58.2 Å². The third kappa shape index (κ3) is 7.03. The van der Waals surface area contributed by atoms with E-state index in [1.165, 1.54) is 10.9 Å². The van der Waals surface area contributed by atoms with Crippen LogP contribution in [0.1, 0.15) is 29.1 Å². The molecule has 2 amide bonds. The van der Waals surface area contributed by atoms with E-state index >= 15 is 0 Å². The molecule has 146 valence electrons. The van der Waals surface area contributed by atoms with Gasteiger partial charge in [0.2, 0.25) is 5.91 Å². The van der Waals surface area contributed by atoms with Crippen molar-refractivity contribution in [2.24, 2.45) is 5.92 Å². The Hall–Kier alpha value is -1.21. The van der Waals surface area contributed by atoms with E-state index in [9.17, 15) is 9.59 Å². The van der Waals surface area contributed by atoms with Gasteiger partial charge in [-0.15, -0.1) is 11.3 Å². The molecule has 2 N–H and O–H groups in total. The minimum absolute atomic E-state index is 0.0567. The van der Waals surface area contributed by atoms with E-state index in [1.54, 1.807) is 35.2 Å². The SMILES string of the molecule is CC(C)[C@H](NC(=O)c1ccc(Cl)cc1Cl)C(=O)NCCSCc1cccs1. The molecule has 0 unspecified atom stereocenters. The van der Waals surface area contributed by atoms with Crippen molar-refractivity contribution in [3.8, 4) is 0 Å². The molecule has 0 spiro atoms. The molecule has 1 aromatic heterocycles. The third-order valence-corrected chi connectivity index (χ3v) is 6.40. The monoisotopic (exact) mass is 444 g/mol. The Morgan fingerprint density at radius 2 is 2.00 bits per heavy atom. The van der Waals surface area contributed by atoms with Gasteiger partial charge in [-0.05, 0) is 35.6 Å². The maximum atomic E-state index is 12.5. The Morgan fingerprint density at radius 3 is 2.63 bits per heavy atom. The summed E-state index contributed by atoms with van der Waals surface area (Å²) in [6.07, 6.45) is 0. The quantitative estimate of drug-likeness (QED) is 0.542. The number of thioether (sulfide) groups is 1. The van der Waals surface area contributed by atoms with Gasteiger partial charge in [-0.25, -0.2) is 0 Å². The lowest BCUT2D eigenvalue weighted by atomic mass is 10.0. The number of rotatable bonds is 9. The highest BCUT2D eigenvalue weighted by atomic mass is 35.5. The first-order valence-corrected chi connectivity index (χ1v) is 11.3. The molecular weight excluding hydrogens is 423 g/mol. The number of hydrogen-bond acceptors (Lipinski definition) is 4. The Balaban J connectivity index is 1.84. The second kappa shape index (κ2) is 11.0. The molecule has 0 saturated heterocycles. The van der Waals surface area contributed by atoms with Gasteiger partial charge in [0.25, 0.3) is 5.91 Å². The van der Waals surface area contributed by atoms with Gasteiger partial charge in [-0.3, -0.25) is 9.59 Å². The van der Waals surface area contributed by atoms with Crippen LogP contribution in [0.5, 0.6) is 0 Å². The van der Waals surface area contributed by atoms with E-state index in [-0.39, 0.29) is 16.8 Å². The number of hydrogen-bond donors (Lipinski definition) is 2. The fraction of sp³-hybridized carbons (Fsp3) is 0.368. The van der Waals surface area contributed by atoms with E-state index in [2.05, 4.69) is 22.1 Å². The first-order valence-electron chi connectivity index (χ1n) is 8.52. The Labute approximate surface area is 178 Å². The molecule has 27 heavy (non-hydrogen) atoms. The van der Waals surface area contributed by atoms with E-state index in [4.69, 9.17) is 23.2 Å². The molecule has 1 aromatic carbocycles. The van der Waals surface area contributed by atoms with Crippen LogP contribution < -0.4 is 10.6 Å². The maximum Gasteiger partial charge on any atom is 0.253 e. The maximum absolute atomic E-state index is 12.5. The molecule has 2 aromatic rings. The summed E-state index contributed by atoms with van der Waals surface area (Å²) in [5, 5.41) is 8.44. The highest BCUT2D eigenvalue weighted by Crippen LogP contribution is 2.21. The number of halogens is 2. The van der Waals surface area contributed by atoms with Gasteiger partial charge in [0, 0.05) is 28.0 Å². The molecule has 4 nitrogen and oxygen atoms in total. The van der Waals surface area contributed by atoms with Crippen LogP contribution in [0.15, 0.2) is 35.7 Å². The summed E-state index contributed by atoms with van der Waals surface area (Å²) in [5.74, 6) is 1.11. The van der Waals surface area contributed by atoms with Crippen molar-refractivity contribution in [2.75, 3.05) is 12.3 Å². The molecular formula is C19H22Cl2N2O2S2. The number of nitrogens with one attached hydrogen (secondary N) is 2. The van der Waals surface area contributed by atoms with Crippen LogP contribution in [0, 0.1) is 5.92 Å². The predicted octanol–water partition coefficient (Wildman–Crippen LogP) is 4.86. The van der Waals surface area contributed by atoms with Crippen molar-refractivity contribution >= 4 is 58.1 Å². The summed E-state index contributed by atoms with van der Waals surface area (Å²) >= 11 is 15.4. The second-order valence-corrected chi connectivity index (χ2v) is 9.22. The van der Waals surface area contributed by atoms with Gasteiger partial charge in [-0.2, -0.15) is 11.8 Å². The van der Waals surface area contributed by atoms with Gasteiger partial charge in [-0.1, -0.05) is 43.1 Å². The summed E-state index contributed by atoms with van der Waals surface area (Å²) in [4.78, 5) is 26.3. The molecule has 0 bridgehead atoms. The first kappa shape index (κ1) is 22.1. The zero-order valence-corrected chi connectivity index (χ0v) is 18.3. The summed E-state index contributed by atoms with van der Waals surface area (Å²) in [6.45, 7) is 4.33. The van der Waals surface area contributed by atoms with Crippen LogP contribution in [-0.4, -0.2) is 30.2 Å². The molecule has 1 heterocycles. The average Bonchev–Trinajstić information content (AvgIpc) is 3.12. The van der Waals surface area contributed by atoms with Crippen molar-refractivity contribution in [3.63, 3.8) is 0 Å². The van der Waals surface area contributed by atoms with E-state index in [0.29, 0.717) is 17.1 Å². The van der Waals surface area contributed by atoms with E-state index in [0.717, 1.165) is 11.5 Å². The van der Waals surface area contributed by atoms with E-state index < -0.39 is 11.9 Å². The molecule has 0 radical (unpaired) electrons. The highest BCUT2D eigenvalue weighted by molar-refractivity contribution is 7.98. The molecule has 0 aliphatic heterocycles. The lowest BCUT2D eigenvalue weighted by molar-refractivity contribution is -0.123. The first-order chi connectivity index (χ1) is 12.9. The Morgan fingerprint density at radius 1 is 1.22 bits per heavy atom. The van der Waals surface area contributed by atoms with Crippen LogP contribution in [0.2, 0.25) is 10.0 Å². The van der Waals surface area contributed by atoms with Gasteiger partial charge in [0.15, 0.2) is 0 Å². The normalized spacial score (nSPS) is 12.0. The molecule has 0 aliphatic carbocycles. The predicted molar refractivity (Wildman–Crippen MR) is 116 cm³/mol. The number of thiophene rings is 1. The van der Waals surface area contributed by atoms with E-state index in [1.807, 2.05) is 19.9 Å². The number of carbonyl (C=O) groups excluding carboxylic acids is 2. The van der Waals surface area contributed by atoms with Crippen molar-refractivity contribution < 1.29 is 9.59 Å². The summed E-state index contributed by atoms with van der Waals surface area (Å²) in [6, 6.07) is 8.15. The molecule has 1 atom stereocenters. The number of carbonyl (C=O) groups is 2. The molecule has 0 saturated carbocycles. The zero-order chi connectivity index (χ0) is 19.8. The largest absolute Gasteiger partial charge is 0.353 e. The standard InChI is InChI=1S/C19H22Cl2N2O2S2/c1-12(2)17(23-18(24)15-6-5-13(20)10-16(15)21)19(25)22-7-9-26-11-14-4-3-8-27-14/h3-6,8,10,12,17H,7,9,11H2,1-2H3,(H,22,25)(H,23,24)/t17-/m0/s1. The van der Waals surface area contributed by atoms with Crippen LogP contribution in [0.4, 0.5) is 0 Å². The minimum Gasteiger partial charge on any atom is -0.353 e. The number of benzene rings is 1. The molecule has 0 aliphatic rings. The fourth-order valence-corrected chi connectivity index (χ4v) is 4.55. The smallest absolute Gasteiger partial charge is 0.253 e. The second-order valence-electron chi connectivity index (χ2n) is 6.24. The van der Waals surface area contributed by atoms with Crippen LogP contribution in [0.25, 0.3) is 0 Å². The summed E-state index contributed by atoms with van der Waals surface area (Å²) in [5.41, 5.74) is 0.297. The summed E-state index contributed by atoms with van der Waals surface area (Å²) in [7, 11) is 0. The highest BCUT2D eigenvalue weighted by Gasteiger charge is 2.25. The fourth-order valence-electron chi connectivity index (χ4n) is 2.35. The Kier molecular flexibility index (Phi) is 8.96.